The van der Waals surface area contributed by atoms with Crippen LogP contribution in [-0.4, -0.2) is 18.2 Å². The largest absolute Gasteiger partial charge is 0.507 e. The van der Waals surface area contributed by atoms with Crippen molar-refractivity contribution in [2.75, 3.05) is 7.11 Å². The fourth-order valence-corrected chi connectivity index (χ4v) is 1.49. The molecule has 0 aliphatic heterocycles. The van der Waals surface area contributed by atoms with Gasteiger partial charge in [0.05, 0.1) is 10.7 Å². The highest BCUT2D eigenvalue weighted by Crippen LogP contribution is 2.34. The summed E-state index contributed by atoms with van der Waals surface area (Å²) in [6, 6.07) is 2.88. The molecule has 1 rings (SSSR count). The van der Waals surface area contributed by atoms with Crippen LogP contribution >= 0.6 is 22.6 Å². The third-order valence-electron chi connectivity index (χ3n) is 1.77. The summed E-state index contributed by atoms with van der Waals surface area (Å²) in [6.45, 7) is 5.01. The van der Waals surface area contributed by atoms with E-state index >= 15 is 0 Å². The third-order valence-corrected chi connectivity index (χ3v) is 2.86. The van der Waals surface area contributed by atoms with E-state index in [-0.39, 0.29) is 17.1 Å². The molecule has 1 N–H and O–H groups in total. The first kappa shape index (κ1) is 12.8. The van der Waals surface area contributed by atoms with Gasteiger partial charge in [0.2, 0.25) is 0 Å². The Labute approximate surface area is 107 Å². The molecular weight excluding hydrogens is 323 g/mol. The summed E-state index contributed by atoms with van der Waals surface area (Å²) < 4.78 is 10.6. The highest BCUT2D eigenvalue weighted by molar-refractivity contribution is 14.1. The molecule has 0 aliphatic rings. The Bertz CT molecular complexity index is 440. The van der Waals surface area contributed by atoms with Gasteiger partial charge >= 0.3 is 5.97 Å². The lowest BCUT2D eigenvalue weighted by molar-refractivity contribution is -0.130. The summed E-state index contributed by atoms with van der Waals surface area (Å²) in [5, 5.41) is 9.56. The minimum atomic E-state index is -0.539. The Morgan fingerprint density at radius 3 is 2.62 bits per heavy atom. The molecule has 0 atom stereocenters. The van der Waals surface area contributed by atoms with E-state index in [1.807, 2.05) is 22.6 Å². The van der Waals surface area contributed by atoms with Crippen LogP contribution in [0, 0.1) is 3.57 Å². The molecule has 0 radical (unpaired) electrons. The third kappa shape index (κ3) is 2.88. The minimum absolute atomic E-state index is 0.00413. The van der Waals surface area contributed by atoms with Crippen LogP contribution in [0.1, 0.15) is 6.92 Å². The lowest BCUT2D eigenvalue weighted by atomic mass is 10.3. The minimum Gasteiger partial charge on any atom is -0.507 e. The molecule has 0 aliphatic carbocycles. The van der Waals surface area contributed by atoms with Crippen molar-refractivity contribution in [2.24, 2.45) is 0 Å². The molecule has 0 fully saturated rings. The first-order valence-electron chi connectivity index (χ1n) is 4.40. The Hall–Kier alpha value is -1.24. The van der Waals surface area contributed by atoms with Crippen LogP contribution in [0.25, 0.3) is 0 Å². The normalized spacial score (nSPS) is 9.69. The number of carbonyl (C=O) groups is 1. The number of halogens is 1. The maximum absolute atomic E-state index is 11.3. The second-order valence-corrected chi connectivity index (χ2v) is 4.21. The molecule has 1 aromatic carbocycles. The predicted octanol–water partition coefficient (Wildman–Crippen LogP) is 2.49. The monoisotopic (exact) mass is 334 g/mol. The lowest BCUT2D eigenvalue weighted by Crippen LogP contribution is -2.08. The maximum atomic E-state index is 11.3. The zero-order valence-corrected chi connectivity index (χ0v) is 11.1. The van der Waals surface area contributed by atoms with Crippen molar-refractivity contribution >= 4 is 28.6 Å². The van der Waals surface area contributed by atoms with Crippen molar-refractivity contribution in [3.63, 3.8) is 0 Å². The van der Waals surface area contributed by atoms with Crippen LogP contribution in [0.2, 0.25) is 0 Å². The van der Waals surface area contributed by atoms with Crippen molar-refractivity contribution < 1.29 is 19.4 Å². The fraction of sp³-hybridized carbons (Fsp3) is 0.182. The van der Waals surface area contributed by atoms with Gasteiger partial charge in [0.1, 0.15) is 17.2 Å². The second-order valence-electron chi connectivity index (χ2n) is 3.13. The molecule has 0 saturated carbocycles. The smallest absolute Gasteiger partial charge is 0.338 e. The number of carbonyl (C=O) groups excluding carboxylic acids is 1. The van der Waals surface area contributed by atoms with Crippen molar-refractivity contribution in [3.05, 3.63) is 27.9 Å². The van der Waals surface area contributed by atoms with Crippen molar-refractivity contribution in [1.29, 1.82) is 0 Å². The number of ether oxygens (including phenoxy) is 2. The van der Waals surface area contributed by atoms with E-state index in [2.05, 4.69) is 6.58 Å². The Kier molecular flexibility index (Phi) is 4.17. The SMILES string of the molecule is C=C(C)C(=O)Oc1cc(O)c(I)c(OC)c1. The highest BCUT2D eigenvalue weighted by Gasteiger charge is 2.12. The van der Waals surface area contributed by atoms with Crippen LogP contribution < -0.4 is 9.47 Å². The molecule has 86 valence electrons. The van der Waals surface area contributed by atoms with Crippen LogP contribution in [-0.2, 0) is 4.79 Å². The van der Waals surface area contributed by atoms with Crippen LogP contribution in [0.3, 0.4) is 0 Å². The standard InChI is InChI=1S/C11H11IO4/c1-6(2)11(14)16-7-4-8(13)10(12)9(5-7)15-3/h4-5,13H,1H2,2-3H3. The second kappa shape index (κ2) is 5.20. The van der Waals surface area contributed by atoms with E-state index in [1.165, 1.54) is 19.2 Å². The van der Waals surface area contributed by atoms with Gasteiger partial charge in [0, 0.05) is 17.7 Å². The number of hydrogen-bond acceptors (Lipinski definition) is 4. The van der Waals surface area contributed by atoms with Gasteiger partial charge in [-0.15, -0.1) is 0 Å². The zero-order chi connectivity index (χ0) is 12.3. The number of esters is 1. The summed E-state index contributed by atoms with van der Waals surface area (Å²) in [4.78, 5) is 11.3. The number of phenols is 1. The molecule has 0 heterocycles. The summed E-state index contributed by atoms with van der Waals surface area (Å²) in [7, 11) is 1.47. The van der Waals surface area contributed by atoms with Gasteiger partial charge in [-0.3, -0.25) is 0 Å². The van der Waals surface area contributed by atoms with E-state index in [1.54, 1.807) is 6.92 Å². The van der Waals surface area contributed by atoms with Gasteiger partial charge in [-0.05, 0) is 29.5 Å². The number of phenolic OH excluding ortho intramolecular Hbond substituents is 1. The molecule has 5 heteroatoms. The fourth-order valence-electron chi connectivity index (χ4n) is 0.960. The van der Waals surface area contributed by atoms with Gasteiger partial charge in [0.25, 0.3) is 0 Å². The average molecular weight is 334 g/mol. The first-order chi connectivity index (χ1) is 7.45. The molecule has 0 saturated heterocycles. The van der Waals surface area contributed by atoms with E-state index < -0.39 is 5.97 Å². The number of aromatic hydroxyl groups is 1. The van der Waals surface area contributed by atoms with Crippen molar-refractivity contribution in [3.8, 4) is 17.2 Å². The van der Waals surface area contributed by atoms with E-state index in [0.29, 0.717) is 9.32 Å². The van der Waals surface area contributed by atoms with Crippen molar-refractivity contribution in [1.82, 2.24) is 0 Å². The summed E-state index contributed by atoms with van der Waals surface area (Å²) in [6.07, 6.45) is 0. The van der Waals surface area contributed by atoms with Gasteiger partial charge in [-0.2, -0.15) is 0 Å². The van der Waals surface area contributed by atoms with Gasteiger partial charge in [0.15, 0.2) is 0 Å². The van der Waals surface area contributed by atoms with E-state index in [9.17, 15) is 9.90 Å². The number of hydrogen-bond donors (Lipinski definition) is 1. The molecule has 0 aromatic heterocycles. The first-order valence-corrected chi connectivity index (χ1v) is 5.47. The van der Waals surface area contributed by atoms with Crippen LogP contribution in [0.15, 0.2) is 24.3 Å². The summed E-state index contributed by atoms with van der Waals surface area (Å²) >= 11 is 1.94. The molecule has 0 unspecified atom stereocenters. The molecular formula is C11H11IO4. The zero-order valence-electron chi connectivity index (χ0n) is 8.91. The molecule has 1 aromatic rings. The Morgan fingerprint density at radius 2 is 2.12 bits per heavy atom. The Morgan fingerprint density at radius 1 is 1.50 bits per heavy atom. The van der Waals surface area contributed by atoms with Gasteiger partial charge in [-0.25, -0.2) is 4.79 Å². The quantitative estimate of drug-likeness (QED) is 0.399. The topological polar surface area (TPSA) is 55.8 Å². The summed E-state index contributed by atoms with van der Waals surface area (Å²) in [5.41, 5.74) is 0.289. The predicted molar refractivity (Wildman–Crippen MR) is 67.8 cm³/mol. The average Bonchev–Trinajstić information content (AvgIpc) is 2.22. The van der Waals surface area contributed by atoms with E-state index in [0.717, 1.165) is 0 Å². The lowest BCUT2D eigenvalue weighted by Gasteiger charge is -2.09. The van der Waals surface area contributed by atoms with E-state index in [4.69, 9.17) is 9.47 Å². The number of methoxy groups -OCH3 is 1. The molecule has 0 amide bonds. The van der Waals surface area contributed by atoms with Gasteiger partial charge < -0.3 is 14.6 Å². The highest BCUT2D eigenvalue weighted by atomic mass is 127. The molecule has 16 heavy (non-hydrogen) atoms. The number of benzene rings is 1. The molecule has 4 nitrogen and oxygen atoms in total. The van der Waals surface area contributed by atoms with Crippen molar-refractivity contribution in [2.45, 2.75) is 6.92 Å². The summed E-state index contributed by atoms with van der Waals surface area (Å²) in [5.74, 6) is 0.139. The molecule has 0 bridgehead atoms. The van der Waals surface area contributed by atoms with Crippen LogP contribution in [0.5, 0.6) is 17.2 Å². The number of rotatable bonds is 3. The Balaban J connectivity index is 3.03. The molecule has 0 spiro atoms. The van der Waals surface area contributed by atoms with Crippen LogP contribution in [0.4, 0.5) is 0 Å². The van der Waals surface area contributed by atoms with Gasteiger partial charge in [-0.1, -0.05) is 6.58 Å². The maximum Gasteiger partial charge on any atom is 0.338 e.